The third-order valence-corrected chi connectivity index (χ3v) is 7.79. The van der Waals surface area contributed by atoms with Gasteiger partial charge in [-0.05, 0) is 71.5 Å². The number of benzene rings is 4. The summed E-state index contributed by atoms with van der Waals surface area (Å²) in [5, 5.41) is 0. The molecule has 200 valence electrons. The number of rotatable bonds is 8. The molecule has 0 saturated carbocycles. The predicted molar refractivity (Wildman–Crippen MR) is 176 cm³/mol. The first-order chi connectivity index (χ1) is 19.5. The number of anilines is 2. The fraction of sp³-hybridized carbons (Fsp3) is 0.128. The maximum atomic E-state index is 4.56. The summed E-state index contributed by atoms with van der Waals surface area (Å²) in [7, 11) is 0. The van der Waals surface area contributed by atoms with Gasteiger partial charge in [0.05, 0.1) is 11.1 Å². The van der Waals surface area contributed by atoms with E-state index in [2.05, 4.69) is 142 Å². The van der Waals surface area contributed by atoms with Crippen LogP contribution in [0, 0.1) is 0 Å². The molecule has 1 unspecified atom stereocenters. The first kappa shape index (κ1) is 28.4. The lowest BCUT2D eigenvalue weighted by Gasteiger charge is -2.38. The van der Waals surface area contributed by atoms with Gasteiger partial charge >= 0.3 is 0 Å². The van der Waals surface area contributed by atoms with Gasteiger partial charge in [0.2, 0.25) is 0 Å². The lowest BCUT2D eigenvalue weighted by molar-refractivity contribution is 0.745. The van der Waals surface area contributed by atoms with Crippen LogP contribution in [0.1, 0.15) is 38.8 Å². The van der Waals surface area contributed by atoms with Gasteiger partial charge in [0.1, 0.15) is 0 Å². The van der Waals surface area contributed by atoms with E-state index >= 15 is 0 Å². The molecule has 0 spiro atoms. The Kier molecular flexibility index (Phi) is 8.55. The van der Waals surface area contributed by atoms with E-state index in [1.54, 1.807) is 0 Å². The molecule has 1 aliphatic carbocycles. The molecule has 0 aliphatic heterocycles. The van der Waals surface area contributed by atoms with Crippen LogP contribution in [0.5, 0.6) is 0 Å². The maximum Gasteiger partial charge on any atom is 0.0685 e. The maximum absolute atomic E-state index is 4.56. The topological polar surface area (TPSA) is 3.24 Å². The normalized spacial score (nSPS) is 15.2. The molecule has 0 fully saturated rings. The molecule has 4 aromatic rings. The molecule has 0 radical (unpaired) electrons. The van der Waals surface area contributed by atoms with E-state index in [9.17, 15) is 0 Å². The van der Waals surface area contributed by atoms with Crippen molar-refractivity contribution in [2.75, 3.05) is 4.90 Å². The van der Waals surface area contributed by atoms with Crippen LogP contribution >= 0.6 is 0 Å². The van der Waals surface area contributed by atoms with E-state index < -0.39 is 5.41 Å². The van der Waals surface area contributed by atoms with Crippen molar-refractivity contribution in [2.45, 2.75) is 33.1 Å². The van der Waals surface area contributed by atoms with E-state index in [1.165, 1.54) is 39.0 Å². The summed E-state index contributed by atoms with van der Waals surface area (Å²) >= 11 is 0. The molecule has 1 heteroatoms. The fourth-order valence-electron chi connectivity index (χ4n) is 5.88. The molecular formula is C39H39N. The van der Waals surface area contributed by atoms with Crippen molar-refractivity contribution < 1.29 is 0 Å². The molecule has 0 amide bonds. The second-order valence-electron chi connectivity index (χ2n) is 9.64. The minimum Gasteiger partial charge on any atom is -0.311 e. The first-order valence-corrected chi connectivity index (χ1v) is 13.9. The van der Waals surface area contributed by atoms with Crippen molar-refractivity contribution in [3.05, 3.63) is 170 Å². The van der Waals surface area contributed by atoms with Crippen molar-refractivity contribution in [1.29, 1.82) is 0 Å². The molecule has 0 bridgehead atoms. The van der Waals surface area contributed by atoms with Crippen LogP contribution in [0.2, 0.25) is 0 Å². The number of allylic oxidation sites excluding steroid dienone is 5. The van der Waals surface area contributed by atoms with Crippen molar-refractivity contribution in [3.63, 3.8) is 0 Å². The summed E-state index contributed by atoms with van der Waals surface area (Å²) in [6.07, 6.45) is 5.91. The smallest absolute Gasteiger partial charge is 0.0685 e. The Hall–Kier alpha value is -4.62. The molecule has 5 rings (SSSR count). The minimum atomic E-state index is -0.539. The highest BCUT2D eigenvalue weighted by Crippen LogP contribution is 2.59. The van der Waals surface area contributed by atoms with Crippen LogP contribution in [0.25, 0.3) is 22.3 Å². The van der Waals surface area contributed by atoms with E-state index in [1.807, 2.05) is 32.1 Å². The average molecular weight is 522 g/mol. The van der Waals surface area contributed by atoms with Crippen molar-refractivity contribution in [1.82, 2.24) is 0 Å². The fourth-order valence-corrected chi connectivity index (χ4v) is 5.88. The molecule has 40 heavy (non-hydrogen) atoms. The predicted octanol–water partition coefficient (Wildman–Crippen LogP) is 11.2. The monoisotopic (exact) mass is 521 g/mol. The van der Waals surface area contributed by atoms with Gasteiger partial charge in [-0.25, -0.2) is 0 Å². The Morgan fingerprint density at radius 2 is 1.30 bits per heavy atom. The van der Waals surface area contributed by atoms with Crippen LogP contribution in [-0.4, -0.2) is 0 Å². The highest BCUT2D eigenvalue weighted by molar-refractivity contribution is 5.93. The average Bonchev–Trinajstić information content (AvgIpc) is 3.34. The lowest BCUT2D eigenvalue weighted by atomic mass is 9.67. The van der Waals surface area contributed by atoms with E-state index in [4.69, 9.17) is 0 Å². The van der Waals surface area contributed by atoms with Gasteiger partial charge in [-0.2, -0.15) is 0 Å². The van der Waals surface area contributed by atoms with Crippen LogP contribution in [0.15, 0.2) is 158 Å². The molecule has 1 aliphatic rings. The van der Waals surface area contributed by atoms with Gasteiger partial charge in [-0.15, -0.1) is 0 Å². The molecule has 4 aromatic carbocycles. The standard InChI is InChI=1S/C37H33N.C2H6/c1-7-26(4)37(27(5)8-2)34-20-14-13-18-32(34)33-19-15-21-35(36(33)37)38(28(6)9-3)31-24-22-30(23-25-31)29-16-11-10-12-17-29;1-2/h7-25H,1,3-4,6H2,2,5H3;1-2H3/b27-8+;. The summed E-state index contributed by atoms with van der Waals surface area (Å²) < 4.78 is 0. The van der Waals surface area contributed by atoms with Crippen LogP contribution < -0.4 is 4.90 Å². The van der Waals surface area contributed by atoms with E-state index in [-0.39, 0.29) is 0 Å². The summed E-state index contributed by atoms with van der Waals surface area (Å²) in [4.78, 5) is 2.21. The number of fused-ring (bicyclic) bond motifs is 3. The second-order valence-corrected chi connectivity index (χ2v) is 9.64. The van der Waals surface area contributed by atoms with Crippen molar-refractivity contribution in [2.24, 2.45) is 0 Å². The number of hydrogen-bond acceptors (Lipinski definition) is 1. The lowest BCUT2D eigenvalue weighted by Crippen LogP contribution is -2.31. The van der Waals surface area contributed by atoms with Gasteiger partial charge in [-0.3, -0.25) is 0 Å². The Bertz CT molecular complexity index is 1580. The van der Waals surface area contributed by atoms with Gasteiger partial charge < -0.3 is 4.90 Å². The van der Waals surface area contributed by atoms with E-state index in [0.29, 0.717) is 0 Å². The Morgan fingerprint density at radius 1 is 0.700 bits per heavy atom. The highest BCUT2D eigenvalue weighted by Gasteiger charge is 2.47. The Morgan fingerprint density at radius 3 is 1.93 bits per heavy atom. The van der Waals surface area contributed by atoms with Gasteiger partial charge in [-0.1, -0.05) is 137 Å². The van der Waals surface area contributed by atoms with Gasteiger partial charge in [0, 0.05) is 16.9 Å². The summed E-state index contributed by atoms with van der Waals surface area (Å²) in [5.41, 5.74) is 11.7. The van der Waals surface area contributed by atoms with Crippen molar-refractivity contribution in [3.8, 4) is 22.3 Å². The van der Waals surface area contributed by atoms with Crippen LogP contribution in [0.4, 0.5) is 11.4 Å². The highest BCUT2D eigenvalue weighted by atomic mass is 15.1. The number of hydrogen-bond donors (Lipinski definition) is 0. The molecule has 0 N–H and O–H groups in total. The zero-order valence-electron chi connectivity index (χ0n) is 24.2. The van der Waals surface area contributed by atoms with Crippen molar-refractivity contribution >= 4 is 11.4 Å². The summed E-state index contributed by atoms with van der Waals surface area (Å²) in [5.74, 6) is 0. The molecule has 0 saturated heterocycles. The third kappa shape index (κ3) is 4.48. The molecule has 1 atom stereocenters. The minimum absolute atomic E-state index is 0.539. The SMILES string of the molecule is C=CC(=C)N(c1ccc(-c2ccccc2)cc1)c1cccc2c1C(C(=C)C=C)(/C(C)=C/C)c1ccccc1-2.CC. The largest absolute Gasteiger partial charge is 0.311 e. The molecule has 0 aromatic heterocycles. The Labute approximate surface area is 240 Å². The Balaban J connectivity index is 0.00000181. The van der Waals surface area contributed by atoms with Crippen LogP contribution in [-0.2, 0) is 5.41 Å². The van der Waals surface area contributed by atoms with Gasteiger partial charge in [0.15, 0.2) is 0 Å². The van der Waals surface area contributed by atoms with Crippen LogP contribution in [0.3, 0.4) is 0 Å². The third-order valence-electron chi connectivity index (χ3n) is 7.79. The quantitative estimate of drug-likeness (QED) is 0.165. The van der Waals surface area contributed by atoms with E-state index in [0.717, 1.165) is 22.6 Å². The first-order valence-electron chi connectivity index (χ1n) is 13.9. The molecule has 1 nitrogen and oxygen atoms in total. The molecular weight excluding hydrogens is 482 g/mol. The summed E-state index contributed by atoms with van der Waals surface area (Å²) in [6, 6.07) is 34.3. The zero-order chi connectivity index (χ0) is 28.9. The van der Waals surface area contributed by atoms with Gasteiger partial charge in [0.25, 0.3) is 0 Å². The second kappa shape index (κ2) is 12.1. The molecule has 0 heterocycles. The number of nitrogens with zero attached hydrogens (tertiary/aromatic N) is 1. The summed E-state index contributed by atoms with van der Waals surface area (Å²) in [6.45, 7) is 25.5. The zero-order valence-corrected chi connectivity index (χ0v) is 24.2.